The van der Waals surface area contributed by atoms with Gasteiger partial charge in [-0.2, -0.15) is 0 Å². The van der Waals surface area contributed by atoms with Crippen molar-refractivity contribution in [2.75, 3.05) is 0 Å². The molecule has 0 amide bonds. The van der Waals surface area contributed by atoms with E-state index < -0.39 is 0 Å². The van der Waals surface area contributed by atoms with Gasteiger partial charge < -0.3 is 0 Å². The average molecular weight is 689 g/mol. The summed E-state index contributed by atoms with van der Waals surface area (Å²) in [6.45, 7) is 0. The van der Waals surface area contributed by atoms with Gasteiger partial charge >= 0.3 is 0 Å². The minimum atomic E-state index is 0.920. The van der Waals surface area contributed by atoms with Gasteiger partial charge in [-0.15, -0.1) is 0 Å². The van der Waals surface area contributed by atoms with Crippen LogP contribution in [0.2, 0.25) is 0 Å². The lowest BCUT2D eigenvalue weighted by Gasteiger charge is -2.10. The van der Waals surface area contributed by atoms with Crippen molar-refractivity contribution in [1.29, 1.82) is 0 Å². The molecule has 0 unspecified atom stereocenters. The van der Waals surface area contributed by atoms with E-state index in [1.165, 1.54) is 54.6 Å². The molecule has 10 aromatic rings. The minimum Gasteiger partial charge on any atom is -0.264 e. The van der Waals surface area contributed by atoms with Crippen LogP contribution in [-0.2, 0) is 0 Å². The zero-order chi connectivity index (χ0) is 35.8. The van der Waals surface area contributed by atoms with Crippen LogP contribution < -0.4 is 0 Å². The SMILES string of the molecule is c1cncc(-c2cccc(-c3ccc4cc(-c5ccc6cc(-c7ccc8cc(-c9cccc(-c%10cccnc%10)n9)ccc8c7)ccc6c5)ccc4c3)n2)c1. The highest BCUT2D eigenvalue weighted by molar-refractivity contribution is 5.96. The number of fused-ring (bicyclic) bond motifs is 3. The molecule has 0 radical (unpaired) electrons. The van der Waals surface area contributed by atoms with E-state index in [2.05, 4.69) is 143 Å². The smallest absolute Gasteiger partial charge is 0.0725 e. The highest BCUT2D eigenvalue weighted by atomic mass is 14.7. The molecule has 4 aromatic heterocycles. The summed E-state index contributed by atoms with van der Waals surface area (Å²) >= 11 is 0. The molecule has 0 aliphatic rings. The molecule has 4 heterocycles. The average Bonchev–Trinajstić information content (AvgIpc) is 3.26. The van der Waals surface area contributed by atoms with Crippen molar-refractivity contribution in [1.82, 2.24) is 19.9 Å². The first-order chi connectivity index (χ1) is 26.7. The van der Waals surface area contributed by atoms with Crippen molar-refractivity contribution in [3.63, 3.8) is 0 Å². The molecule has 0 atom stereocenters. The van der Waals surface area contributed by atoms with E-state index in [4.69, 9.17) is 9.97 Å². The number of rotatable bonds is 6. The van der Waals surface area contributed by atoms with Gasteiger partial charge in [0.25, 0.3) is 0 Å². The van der Waals surface area contributed by atoms with E-state index in [-0.39, 0.29) is 0 Å². The van der Waals surface area contributed by atoms with Gasteiger partial charge in [0.2, 0.25) is 0 Å². The van der Waals surface area contributed by atoms with Gasteiger partial charge in [0.05, 0.1) is 22.8 Å². The summed E-state index contributed by atoms with van der Waals surface area (Å²) in [5.74, 6) is 0. The number of aromatic nitrogens is 4. The van der Waals surface area contributed by atoms with E-state index in [0.717, 1.165) is 45.0 Å². The van der Waals surface area contributed by atoms with Gasteiger partial charge in [0, 0.05) is 47.0 Å². The van der Waals surface area contributed by atoms with Crippen LogP contribution in [0.15, 0.2) is 195 Å². The van der Waals surface area contributed by atoms with Crippen LogP contribution in [0, 0.1) is 0 Å². The van der Waals surface area contributed by atoms with Gasteiger partial charge in [0.1, 0.15) is 0 Å². The maximum absolute atomic E-state index is 4.93. The third-order valence-corrected chi connectivity index (χ3v) is 10.2. The van der Waals surface area contributed by atoms with Crippen molar-refractivity contribution in [3.8, 4) is 67.3 Å². The molecule has 0 fully saturated rings. The van der Waals surface area contributed by atoms with E-state index in [9.17, 15) is 0 Å². The molecule has 0 N–H and O–H groups in total. The van der Waals surface area contributed by atoms with Crippen LogP contribution in [0.25, 0.3) is 99.6 Å². The quantitative estimate of drug-likeness (QED) is 0.174. The predicted molar refractivity (Wildman–Crippen MR) is 223 cm³/mol. The van der Waals surface area contributed by atoms with Gasteiger partial charge in [-0.25, -0.2) is 9.97 Å². The molecule has 0 bridgehead atoms. The number of hydrogen-bond acceptors (Lipinski definition) is 4. The first kappa shape index (κ1) is 31.4. The standard InChI is InChI=1S/C50H32N4/c1-7-47(53-49(9-1)45-5-3-23-51-31-45)43-21-19-39-27-37(15-17-41(39)29-43)35-13-11-34-26-36(14-12-33(34)25-35)38-16-18-42-30-44(22-20-40(42)28-38)48-8-2-10-50(54-48)46-6-4-24-52-32-46/h1-32H. The van der Waals surface area contributed by atoms with Crippen LogP contribution in [0.4, 0.5) is 0 Å². The summed E-state index contributed by atoms with van der Waals surface area (Å²) < 4.78 is 0. The summed E-state index contributed by atoms with van der Waals surface area (Å²) in [6, 6.07) is 60.4. The molecule has 0 saturated heterocycles. The Balaban J connectivity index is 0.897. The van der Waals surface area contributed by atoms with Gasteiger partial charge in [-0.05, 0) is 140 Å². The highest BCUT2D eigenvalue weighted by Gasteiger charge is 2.09. The third-order valence-electron chi connectivity index (χ3n) is 10.2. The Hall–Kier alpha value is -7.30. The first-order valence-electron chi connectivity index (χ1n) is 18.1. The minimum absolute atomic E-state index is 0.920. The molecular weight excluding hydrogens is 657 g/mol. The van der Waals surface area contributed by atoms with Crippen LogP contribution in [0.3, 0.4) is 0 Å². The monoisotopic (exact) mass is 688 g/mol. The Labute approximate surface area is 313 Å². The lowest BCUT2D eigenvalue weighted by atomic mass is 9.95. The normalized spacial score (nSPS) is 11.3. The fourth-order valence-corrected chi connectivity index (χ4v) is 7.32. The number of nitrogens with zero attached hydrogens (tertiary/aromatic N) is 4. The fourth-order valence-electron chi connectivity index (χ4n) is 7.32. The van der Waals surface area contributed by atoms with Crippen LogP contribution in [0.5, 0.6) is 0 Å². The van der Waals surface area contributed by atoms with Crippen LogP contribution in [-0.4, -0.2) is 19.9 Å². The molecule has 0 aliphatic heterocycles. The van der Waals surface area contributed by atoms with E-state index >= 15 is 0 Å². The maximum atomic E-state index is 4.93. The van der Waals surface area contributed by atoms with E-state index in [0.29, 0.717) is 0 Å². The molecule has 0 spiro atoms. The molecular formula is C50H32N4. The Bertz CT molecular complexity index is 2790. The summed E-state index contributed by atoms with van der Waals surface area (Å²) in [6.07, 6.45) is 7.27. The topological polar surface area (TPSA) is 51.6 Å². The Kier molecular flexibility index (Phi) is 7.77. The second kappa shape index (κ2) is 13.4. The second-order valence-corrected chi connectivity index (χ2v) is 13.6. The Morgan fingerprint density at radius 3 is 0.852 bits per heavy atom. The lowest BCUT2D eigenvalue weighted by Crippen LogP contribution is -1.89. The maximum Gasteiger partial charge on any atom is 0.0725 e. The van der Waals surface area contributed by atoms with E-state index in [1.54, 1.807) is 12.4 Å². The summed E-state index contributed by atoms with van der Waals surface area (Å²) in [7, 11) is 0. The molecule has 0 aliphatic carbocycles. The van der Waals surface area contributed by atoms with Crippen molar-refractivity contribution in [3.05, 3.63) is 195 Å². The molecule has 54 heavy (non-hydrogen) atoms. The largest absolute Gasteiger partial charge is 0.264 e. The highest BCUT2D eigenvalue weighted by Crippen LogP contribution is 2.34. The van der Waals surface area contributed by atoms with Crippen molar-refractivity contribution in [2.24, 2.45) is 0 Å². The molecule has 4 nitrogen and oxygen atoms in total. The number of hydrogen-bond donors (Lipinski definition) is 0. The lowest BCUT2D eigenvalue weighted by molar-refractivity contribution is 1.28. The van der Waals surface area contributed by atoms with E-state index in [1.807, 2.05) is 48.8 Å². The van der Waals surface area contributed by atoms with Gasteiger partial charge in [-0.1, -0.05) is 84.9 Å². The zero-order valence-electron chi connectivity index (χ0n) is 29.3. The third kappa shape index (κ3) is 6.06. The molecule has 6 aromatic carbocycles. The molecule has 252 valence electrons. The summed E-state index contributed by atoms with van der Waals surface area (Å²) in [5.41, 5.74) is 12.8. The molecule has 0 saturated carbocycles. The fraction of sp³-hybridized carbons (Fsp3) is 0. The number of benzene rings is 6. The Morgan fingerprint density at radius 1 is 0.241 bits per heavy atom. The van der Waals surface area contributed by atoms with Crippen molar-refractivity contribution in [2.45, 2.75) is 0 Å². The van der Waals surface area contributed by atoms with Crippen molar-refractivity contribution >= 4 is 32.3 Å². The first-order valence-corrected chi connectivity index (χ1v) is 18.1. The van der Waals surface area contributed by atoms with Crippen LogP contribution in [0.1, 0.15) is 0 Å². The summed E-state index contributed by atoms with van der Waals surface area (Å²) in [4.78, 5) is 18.4. The van der Waals surface area contributed by atoms with Crippen LogP contribution >= 0.6 is 0 Å². The van der Waals surface area contributed by atoms with Gasteiger partial charge in [-0.3, -0.25) is 9.97 Å². The number of pyridine rings is 4. The molecule has 4 heteroatoms. The predicted octanol–water partition coefficient (Wildman–Crippen LogP) is 12.7. The zero-order valence-corrected chi connectivity index (χ0v) is 29.3. The molecule has 10 rings (SSSR count). The summed E-state index contributed by atoms with van der Waals surface area (Å²) in [5, 5.41) is 7.22. The second-order valence-electron chi connectivity index (χ2n) is 13.6. The van der Waals surface area contributed by atoms with Crippen molar-refractivity contribution < 1.29 is 0 Å². The van der Waals surface area contributed by atoms with Gasteiger partial charge in [0.15, 0.2) is 0 Å². The Morgan fingerprint density at radius 2 is 0.537 bits per heavy atom.